The zero-order valence-electron chi connectivity index (χ0n) is 11.5. The summed E-state index contributed by atoms with van der Waals surface area (Å²) in [5.74, 6) is 0.707. The molecule has 0 heterocycles. The van der Waals surface area contributed by atoms with Crippen molar-refractivity contribution >= 4 is 46.6 Å². The van der Waals surface area contributed by atoms with E-state index in [0.29, 0.717) is 15.7 Å². The molecule has 0 aromatic heterocycles. The second-order valence-corrected chi connectivity index (χ2v) is 6.73. The maximum Gasteiger partial charge on any atom is 0.237 e. The van der Waals surface area contributed by atoms with Gasteiger partial charge in [0.05, 0.1) is 16.0 Å². The molecule has 2 aromatic carbocycles. The van der Waals surface area contributed by atoms with E-state index >= 15 is 0 Å². The zero-order valence-corrected chi connectivity index (χ0v) is 13.8. The smallest absolute Gasteiger partial charge is 0.237 e. The number of hydrogen-bond donors (Lipinski definition) is 1. The molecule has 0 spiro atoms. The van der Waals surface area contributed by atoms with Crippen LogP contribution in [0.5, 0.6) is 0 Å². The number of amides is 1. The van der Waals surface area contributed by atoms with Crippen LogP contribution in [-0.2, 0) is 10.5 Å². The fraction of sp³-hybridized carbons (Fsp3) is 0.188. The van der Waals surface area contributed by atoms with Crippen molar-refractivity contribution in [2.45, 2.75) is 17.9 Å². The van der Waals surface area contributed by atoms with Gasteiger partial charge in [0.1, 0.15) is 0 Å². The number of benzene rings is 2. The van der Waals surface area contributed by atoms with Crippen LogP contribution in [0.3, 0.4) is 0 Å². The minimum absolute atomic E-state index is 0.0832. The van der Waals surface area contributed by atoms with Gasteiger partial charge >= 0.3 is 0 Å². The molecule has 0 aliphatic heterocycles. The van der Waals surface area contributed by atoms with Crippen molar-refractivity contribution in [3.8, 4) is 0 Å². The molecule has 0 bridgehead atoms. The summed E-state index contributed by atoms with van der Waals surface area (Å²) >= 11 is 13.5. The van der Waals surface area contributed by atoms with E-state index in [-0.39, 0.29) is 11.2 Å². The quantitative estimate of drug-likeness (QED) is 0.805. The largest absolute Gasteiger partial charge is 0.324 e. The summed E-state index contributed by atoms with van der Waals surface area (Å²) < 4.78 is 0. The van der Waals surface area contributed by atoms with Gasteiger partial charge in [0.25, 0.3) is 0 Å². The van der Waals surface area contributed by atoms with Gasteiger partial charge in [-0.3, -0.25) is 4.79 Å². The van der Waals surface area contributed by atoms with Crippen LogP contribution in [-0.4, -0.2) is 11.2 Å². The third-order valence-corrected chi connectivity index (χ3v) is 4.68. The van der Waals surface area contributed by atoms with Crippen LogP contribution < -0.4 is 5.32 Å². The maximum absolute atomic E-state index is 12.2. The van der Waals surface area contributed by atoms with Gasteiger partial charge in [-0.1, -0.05) is 53.5 Å². The van der Waals surface area contributed by atoms with E-state index in [1.54, 1.807) is 30.0 Å². The van der Waals surface area contributed by atoms with Gasteiger partial charge in [-0.25, -0.2) is 0 Å². The Morgan fingerprint density at radius 1 is 1.19 bits per heavy atom. The third kappa shape index (κ3) is 4.95. The molecule has 5 heteroatoms. The lowest BCUT2D eigenvalue weighted by Gasteiger charge is -2.13. The first kappa shape index (κ1) is 16.2. The van der Waals surface area contributed by atoms with Crippen molar-refractivity contribution in [1.29, 1.82) is 0 Å². The maximum atomic E-state index is 12.2. The minimum atomic E-state index is -0.180. The number of halogens is 2. The Balaban J connectivity index is 1.92. The van der Waals surface area contributed by atoms with Crippen LogP contribution in [0.2, 0.25) is 10.0 Å². The molecule has 2 nitrogen and oxygen atoms in total. The molecule has 1 N–H and O–H groups in total. The van der Waals surface area contributed by atoms with E-state index in [1.165, 1.54) is 5.56 Å². The molecule has 0 saturated carbocycles. The average molecular weight is 340 g/mol. The van der Waals surface area contributed by atoms with Crippen molar-refractivity contribution in [2.24, 2.45) is 0 Å². The van der Waals surface area contributed by atoms with Gasteiger partial charge in [0.15, 0.2) is 0 Å². The summed E-state index contributed by atoms with van der Waals surface area (Å²) in [6.45, 7) is 1.88. The predicted molar refractivity (Wildman–Crippen MR) is 92.3 cm³/mol. The summed E-state index contributed by atoms with van der Waals surface area (Å²) in [6, 6.07) is 15.1. The van der Waals surface area contributed by atoms with Crippen LogP contribution in [0.25, 0.3) is 0 Å². The molecule has 110 valence electrons. The van der Waals surface area contributed by atoms with E-state index in [0.717, 1.165) is 5.75 Å². The summed E-state index contributed by atoms with van der Waals surface area (Å²) in [4.78, 5) is 12.2. The van der Waals surface area contributed by atoms with Crippen LogP contribution in [0.1, 0.15) is 12.5 Å². The average Bonchev–Trinajstić information content (AvgIpc) is 2.49. The van der Waals surface area contributed by atoms with Crippen molar-refractivity contribution in [1.82, 2.24) is 0 Å². The second-order valence-electron chi connectivity index (χ2n) is 4.55. The number of carbonyl (C=O) groups is 1. The molecule has 2 aromatic rings. The Morgan fingerprint density at radius 3 is 2.62 bits per heavy atom. The fourth-order valence-corrected chi connectivity index (χ4v) is 2.88. The van der Waals surface area contributed by atoms with Gasteiger partial charge in [0, 0.05) is 10.8 Å². The molecule has 0 aliphatic carbocycles. The lowest BCUT2D eigenvalue weighted by atomic mass is 10.2. The first-order valence-electron chi connectivity index (χ1n) is 6.47. The monoisotopic (exact) mass is 339 g/mol. The van der Waals surface area contributed by atoms with Gasteiger partial charge in [-0.2, -0.15) is 0 Å². The SMILES string of the molecule is C[C@@H](SCc1ccccc1)C(=O)Nc1cc(Cl)ccc1Cl. The molecule has 0 radical (unpaired) electrons. The molecule has 0 fully saturated rings. The van der Waals surface area contributed by atoms with Gasteiger partial charge in [0.2, 0.25) is 5.91 Å². The van der Waals surface area contributed by atoms with Crippen molar-refractivity contribution < 1.29 is 4.79 Å². The standard InChI is InChI=1S/C16H15Cl2NOS/c1-11(21-10-12-5-3-2-4-6-12)16(20)19-15-9-13(17)7-8-14(15)18/h2-9,11H,10H2,1H3,(H,19,20)/t11-/m1/s1. The highest BCUT2D eigenvalue weighted by atomic mass is 35.5. The van der Waals surface area contributed by atoms with Crippen LogP contribution in [0.15, 0.2) is 48.5 Å². The van der Waals surface area contributed by atoms with E-state index in [9.17, 15) is 4.79 Å². The molecular formula is C16H15Cl2NOS. The number of rotatable bonds is 5. The lowest BCUT2D eigenvalue weighted by Crippen LogP contribution is -2.22. The van der Waals surface area contributed by atoms with E-state index in [2.05, 4.69) is 5.32 Å². The van der Waals surface area contributed by atoms with Crippen LogP contribution in [0, 0.1) is 0 Å². The summed E-state index contributed by atoms with van der Waals surface area (Å²) in [7, 11) is 0. The van der Waals surface area contributed by atoms with Crippen LogP contribution >= 0.6 is 35.0 Å². The van der Waals surface area contributed by atoms with E-state index in [4.69, 9.17) is 23.2 Å². The highest BCUT2D eigenvalue weighted by molar-refractivity contribution is 7.99. The summed E-state index contributed by atoms with van der Waals surface area (Å²) in [5.41, 5.74) is 1.74. The molecule has 0 aliphatic rings. The van der Waals surface area contributed by atoms with Crippen molar-refractivity contribution in [2.75, 3.05) is 5.32 Å². The molecule has 0 saturated heterocycles. The highest BCUT2D eigenvalue weighted by Crippen LogP contribution is 2.26. The van der Waals surface area contributed by atoms with Gasteiger partial charge in [-0.05, 0) is 30.7 Å². The van der Waals surface area contributed by atoms with Gasteiger partial charge in [-0.15, -0.1) is 11.8 Å². The number of nitrogens with one attached hydrogen (secondary N) is 1. The summed E-state index contributed by atoms with van der Waals surface area (Å²) in [5, 5.41) is 3.65. The van der Waals surface area contributed by atoms with Crippen molar-refractivity contribution in [3.63, 3.8) is 0 Å². The second kappa shape index (κ2) is 7.74. The highest BCUT2D eigenvalue weighted by Gasteiger charge is 2.15. The first-order chi connectivity index (χ1) is 10.1. The molecule has 21 heavy (non-hydrogen) atoms. The number of hydrogen-bond acceptors (Lipinski definition) is 2. The predicted octanol–water partition coefficient (Wildman–Crippen LogP) is 5.25. The number of carbonyl (C=O) groups excluding carboxylic acids is 1. The molecular weight excluding hydrogens is 325 g/mol. The van der Waals surface area contributed by atoms with Crippen molar-refractivity contribution in [3.05, 3.63) is 64.1 Å². The molecule has 1 amide bonds. The minimum Gasteiger partial charge on any atom is -0.324 e. The number of thioether (sulfide) groups is 1. The Labute approximate surface area is 138 Å². The van der Waals surface area contributed by atoms with E-state index < -0.39 is 0 Å². The number of anilines is 1. The van der Waals surface area contributed by atoms with E-state index in [1.807, 2.05) is 37.3 Å². The zero-order chi connectivity index (χ0) is 15.2. The molecule has 0 unspecified atom stereocenters. The Hall–Kier alpha value is -1.16. The van der Waals surface area contributed by atoms with Crippen LogP contribution in [0.4, 0.5) is 5.69 Å². The molecule has 2 rings (SSSR count). The summed E-state index contributed by atoms with van der Waals surface area (Å²) in [6.07, 6.45) is 0. The molecule has 1 atom stereocenters. The topological polar surface area (TPSA) is 29.1 Å². The first-order valence-corrected chi connectivity index (χ1v) is 8.28. The Morgan fingerprint density at radius 2 is 1.90 bits per heavy atom. The Bertz CT molecular complexity index is 619. The fourth-order valence-electron chi connectivity index (χ4n) is 1.70. The third-order valence-electron chi connectivity index (χ3n) is 2.90. The van der Waals surface area contributed by atoms with Gasteiger partial charge < -0.3 is 5.32 Å². The lowest BCUT2D eigenvalue weighted by molar-refractivity contribution is -0.115. The Kier molecular flexibility index (Phi) is 5.97. The normalized spacial score (nSPS) is 12.0.